The lowest BCUT2D eigenvalue weighted by atomic mass is 9.95. The van der Waals surface area contributed by atoms with Crippen LogP contribution in [0.5, 0.6) is 0 Å². The highest BCUT2D eigenvalue weighted by Gasteiger charge is 2.16. The molecule has 0 amide bonds. The van der Waals surface area contributed by atoms with Crippen molar-refractivity contribution in [3.8, 4) is 11.3 Å². The summed E-state index contributed by atoms with van der Waals surface area (Å²) in [6, 6.07) is 11.2. The molecule has 4 rings (SSSR count). The molecule has 7 heteroatoms. The molecule has 1 saturated carbocycles. The molecule has 0 unspecified atom stereocenters. The van der Waals surface area contributed by atoms with E-state index in [0.717, 1.165) is 22.7 Å². The molecule has 0 aliphatic heterocycles. The van der Waals surface area contributed by atoms with E-state index in [9.17, 15) is 8.42 Å². The van der Waals surface area contributed by atoms with E-state index in [2.05, 4.69) is 15.4 Å². The molecule has 1 fully saturated rings. The largest absolute Gasteiger partial charge is 0.367 e. The number of rotatable bonds is 4. The van der Waals surface area contributed by atoms with Crippen molar-refractivity contribution in [2.24, 2.45) is 0 Å². The zero-order chi connectivity index (χ0) is 18.1. The average molecular weight is 370 g/mol. The van der Waals surface area contributed by atoms with Crippen LogP contribution in [0.4, 0.5) is 5.82 Å². The molecule has 26 heavy (non-hydrogen) atoms. The Morgan fingerprint density at radius 3 is 2.50 bits per heavy atom. The fraction of sp³-hybridized carbons (Fsp3) is 0.368. The van der Waals surface area contributed by atoms with E-state index in [1.807, 2.05) is 16.6 Å². The highest BCUT2D eigenvalue weighted by Crippen LogP contribution is 2.26. The zero-order valence-electron chi connectivity index (χ0n) is 14.7. The van der Waals surface area contributed by atoms with Crippen LogP contribution in [0.1, 0.15) is 32.1 Å². The van der Waals surface area contributed by atoms with Gasteiger partial charge in [-0.25, -0.2) is 13.4 Å². The van der Waals surface area contributed by atoms with Gasteiger partial charge in [0.2, 0.25) is 0 Å². The SMILES string of the molecule is CS(=O)(=O)c1ccc(-c2cc(NC3CCCCC3)n3nccc3n2)cc1. The average Bonchev–Trinajstić information content (AvgIpc) is 3.11. The summed E-state index contributed by atoms with van der Waals surface area (Å²) in [4.78, 5) is 4.97. The van der Waals surface area contributed by atoms with Crippen molar-refractivity contribution in [2.45, 2.75) is 43.0 Å². The fourth-order valence-corrected chi connectivity index (χ4v) is 4.12. The number of anilines is 1. The van der Waals surface area contributed by atoms with Crippen LogP contribution >= 0.6 is 0 Å². The molecule has 1 aliphatic carbocycles. The molecule has 0 saturated heterocycles. The van der Waals surface area contributed by atoms with Crippen molar-refractivity contribution in [3.63, 3.8) is 0 Å². The molecule has 0 radical (unpaired) electrons. The topological polar surface area (TPSA) is 76.4 Å². The summed E-state index contributed by atoms with van der Waals surface area (Å²) in [5, 5.41) is 8.00. The molecular weight excluding hydrogens is 348 g/mol. The van der Waals surface area contributed by atoms with Gasteiger partial charge in [0, 0.05) is 30.0 Å². The van der Waals surface area contributed by atoms with Crippen molar-refractivity contribution in [1.82, 2.24) is 14.6 Å². The summed E-state index contributed by atoms with van der Waals surface area (Å²) in [5.41, 5.74) is 2.46. The molecule has 136 valence electrons. The Morgan fingerprint density at radius 1 is 1.08 bits per heavy atom. The Bertz CT molecular complexity index is 1020. The van der Waals surface area contributed by atoms with Gasteiger partial charge in [0.1, 0.15) is 5.82 Å². The third kappa shape index (κ3) is 3.44. The second-order valence-corrected chi connectivity index (χ2v) is 8.92. The minimum absolute atomic E-state index is 0.312. The highest BCUT2D eigenvalue weighted by molar-refractivity contribution is 7.90. The monoisotopic (exact) mass is 370 g/mol. The number of fused-ring (bicyclic) bond motifs is 1. The molecule has 3 aromatic rings. The minimum Gasteiger partial charge on any atom is -0.367 e. The maximum atomic E-state index is 11.7. The molecule has 0 bridgehead atoms. The maximum absolute atomic E-state index is 11.7. The summed E-state index contributed by atoms with van der Waals surface area (Å²) in [5.74, 6) is 0.925. The van der Waals surface area contributed by atoms with Crippen LogP contribution in [0.3, 0.4) is 0 Å². The summed E-state index contributed by atoms with van der Waals surface area (Å²) < 4.78 is 25.1. The first-order valence-electron chi connectivity index (χ1n) is 8.92. The van der Waals surface area contributed by atoms with Crippen LogP contribution in [-0.2, 0) is 9.84 Å². The van der Waals surface area contributed by atoms with E-state index in [0.29, 0.717) is 10.9 Å². The second kappa shape index (κ2) is 6.72. The molecule has 0 spiro atoms. The lowest BCUT2D eigenvalue weighted by molar-refractivity contribution is 0.461. The minimum atomic E-state index is -3.20. The molecule has 2 heterocycles. The maximum Gasteiger partial charge on any atom is 0.175 e. The van der Waals surface area contributed by atoms with Gasteiger partial charge in [-0.15, -0.1) is 0 Å². The van der Waals surface area contributed by atoms with E-state index in [1.165, 1.54) is 38.4 Å². The third-order valence-electron chi connectivity index (χ3n) is 4.89. The van der Waals surface area contributed by atoms with Crippen molar-refractivity contribution in [2.75, 3.05) is 11.6 Å². The smallest absolute Gasteiger partial charge is 0.175 e. The van der Waals surface area contributed by atoms with Crippen LogP contribution < -0.4 is 5.32 Å². The number of hydrogen-bond donors (Lipinski definition) is 1. The Labute approximate surface area is 153 Å². The predicted molar refractivity (Wildman–Crippen MR) is 102 cm³/mol. The van der Waals surface area contributed by atoms with Gasteiger partial charge in [0.05, 0.1) is 16.8 Å². The first kappa shape index (κ1) is 17.0. The summed E-state index contributed by atoms with van der Waals surface area (Å²) in [7, 11) is -3.20. The van der Waals surface area contributed by atoms with E-state index >= 15 is 0 Å². The van der Waals surface area contributed by atoms with Crippen LogP contribution in [0, 0.1) is 0 Å². The summed E-state index contributed by atoms with van der Waals surface area (Å²) >= 11 is 0. The van der Waals surface area contributed by atoms with Crippen LogP contribution in [0.25, 0.3) is 16.9 Å². The molecule has 6 nitrogen and oxygen atoms in total. The van der Waals surface area contributed by atoms with E-state index in [4.69, 9.17) is 0 Å². The normalized spacial score (nSPS) is 16.0. The molecule has 0 atom stereocenters. The second-order valence-electron chi connectivity index (χ2n) is 6.90. The molecule has 2 aromatic heterocycles. The van der Waals surface area contributed by atoms with Gasteiger partial charge >= 0.3 is 0 Å². The van der Waals surface area contributed by atoms with Crippen LogP contribution in [0.15, 0.2) is 47.5 Å². The summed E-state index contributed by atoms with van der Waals surface area (Å²) in [6.07, 6.45) is 9.11. The Hall–Kier alpha value is -2.41. The molecular formula is C19H22N4O2S. The number of nitrogens with zero attached hydrogens (tertiary/aromatic N) is 3. The quantitative estimate of drug-likeness (QED) is 0.760. The van der Waals surface area contributed by atoms with Gasteiger partial charge in [-0.1, -0.05) is 31.4 Å². The number of aromatic nitrogens is 3. The van der Waals surface area contributed by atoms with Crippen molar-refractivity contribution in [3.05, 3.63) is 42.6 Å². The first-order valence-corrected chi connectivity index (χ1v) is 10.8. The van der Waals surface area contributed by atoms with Gasteiger partial charge in [0.15, 0.2) is 15.5 Å². The van der Waals surface area contributed by atoms with E-state index < -0.39 is 9.84 Å². The van der Waals surface area contributed by atoms with Gasteiger partial charge in [0.25, 0.3) is 0 Å². The number of nitrogens with one attached hydrogen (secondary N) is 1. The Kier molecular flexibility index (Phi) is 4.40. The first-order chi connectivity index (χ1) is 12.5. The standard InChI is InChI=1S/C19H22N4O2S/c1-26(24,25)16-9-7-14(8-10-16)17-13-19(21-15-5-3-2-4-6-15)23-18(22-17)11-12-20-23/h7-13,15,21H,2-6H2,1H3. The van der Waals surface area contributed by atoms with E-state index in [1.54, 1.807) is 30.5 Å². The lowest BCUT2D eigenvalue weighted by Crippen LogP contribution is -2.23. The number of sulfone groups is 1. The van der Waals surface area contributed by atoms with Gasteiger partial charge in [-0.05, 0) is 25.0 Å². The number of benzene rings is 1. The third-order valence-corrected chi connectivity index (χ3v) is 6.02. The van der Waals surface area contributed by atoms with Crippen molar-refractivity contribution >= 4 is 21.3 Å². The zero-order valence-corrected chi connectivity index (χ0v) is 15.5. The number of hydrogen-bond acceptors (Lipinski definition) is 5. The van der Waals surface area contributed by atoms with Crippen molar-refractivity contribution < 1.29 is 8.42 Å². The Balaban J connectivity index is 1.71. The molecule has 1 aliphatic rings. The van der Waals surface area contributed by atoms with Gasteiger partial charge in [-0.3, -0.25) is 0 Å². The molecule has 1 aromatic carbocycles. The van der Waals surface area contributed by atoms with Gasteiger partial charge in [-0.2, -0.15) is 9.61 Å². The van der Waals surface area contributed by atoms with E-state index in [-0.39, 0.29) is 0 Å². The predicted octanol–water partition coefficient (Wildman–Crippen LogP) is 3.54. The Morgan fingerprint density at radius 2 is 1.81 bits per heavy atom. The molecule has 1 N–H and O–H groups in total. The highest BCUT2D eigenvalue weighted by atomic mass is 32.2. The fourth-order valence-electron chi connectivity index (χ4n) is 3.49. The van der Waals surface area contributed by atoms with Crippen LogP contribution in [0.2, 0.25) is 0 Å². The summed E-state index contributed by atoms with van der Waals surface area (Å²) in [6.45, 7) is 0. The van der Waals surface area contributed by atoms with Crippen molar-refractivity contribution in [1.29, 1.82) is 0 Å². The van der Waals surface area contributed by atoms with Gasteiger partial charge < -0.3 is 5.32 Å². The lowest BCUT2D eigenvalue weighted by Gasteiger charge is -2.24. The van der Waals surface area contributed by atoms with Crippen LogP contribution in [-0.4, -0.2) is 35.3 Å².